The number of anilines is 1. The molecule has 3 N–H and O–H groups in total. The van der Waals surface area contributed by atoms with Crippen LogP contribution in [0.15, 0.2) is 17.1 Å². The molecular formula is C10H13Cl2N5O3. The van der Waals surface area contributed by atoms with Gasteiger partial charge in [0.25, 0.3) is 0 Å². The second-order valence-electron chi connectivity index (χ2n) is 3.46. The van der Waals surface area contributed by atoms with Crippen LogP contribution in [-0.2, 0) is 0 Å². The van der Waals surface area contributed by atoms with Gasteiger partial charge in [-0.25, -0.2) is 19.0 Å². The lowest BCUT2D eigenvalue weighted by Gasteiger charge is -2.07. The van der Waals surface area contributed by atoms with Crippen LogP contribution >= 0.6 is 23.2 Å². The van der Waals surface area contributed by atoms with E-state index in [0.717, 1.165) is 4.57 Å². The van der Waals surface area contributed by atoms with E-state index in [1.54, 1.807) is 0 Å². The average molecular weight is 322 g/mol. The van der Waals surface area contributed by atoms with Gasteiger partial charge in [0.1, 0.15) is 5.82 Å². The van der Waals surface area contributed by atoms with Crippen LogP contribution < -0.4 is 21.6 Å². The molecule has 20 heavy (non-hydrogen) atoms. The molecule has 1 aromatic heterocycles. The molecule has 0 aliphatic rings. The summed E-state index contributed by atoms with van der Waals surface area (Å²) in [7, 11) is 0. The van der Waals surface area contributed by atoms with Gasteiger partial charge in [-0.05, 0) is 6.07 Å². The minimum Gasteiger partial charge on any atom is -0.337 e. The van der Waals surface area contributed by atoms with Crippen molar-refractivity contribution in [3.63, 3.8) is 0 Å². The van der Waals surface area contributed by atoms with Gasteiger partial charge < -0.3 is 10.6 Å². The zero-order chi connectivity index (χ0) is 15.0. The summed E-state index contributed by atoms with van der Waals surface area (Å²) in [6.45, 7) is 0.513. The third-order valence-electron chi connectivity index (χ3n) is 2.01. The summed E-state index contributed by atoms with van der Waals surface area (Å²) >= 11 is 10.8. The van der Waals surface area contributed by atoms with Crippen LogP contribution in [-0.4, -0.2) is 46.5 Å². The monoisotopic (exact) mass is 321 g/mol. The van der Waals surface area contributed by atoms with E-state index < -0.39 is 17.8 Å². The number of hydrogen-bond donors (Lipinski definition) is 3. The maximum absolute atomic E-state index is 11.6. The van der Waals surface area contributed by atoms with Crippen molar-refractivity contribution in [2.24, 2.45) is 0 Å². The molecule has 1 heterocycles. The van der Waals surface area contributed by atoms with Crippen molar-refractivity contribution < 1.29 is 9.59 Å². The summed E-state index contributed by atoms with van der Waals surface area (Å²) in [5.74, 6) is 0.528. The molecule has 0 radical (unpaired) electrons. The molecule has 0 spiro atoms. The highest BCUT2D eigenvalue weighted by atomic mass is 35.5. The fourth-order valence-corrected chi connectivity index (χ4v) is 1.38. The predicted molar refractivity (Wildman–Crippen MR) is 75.8 cm³/mol. The Morgan fingerprint density at radius 2 is 1.85 bits per heavy atom. The Labute approximate surface area is 124 Å². The quantitative estimate of drug-likeness (QED) is 0.682. The molecule has 3 amide bonds. The summed E-state index contributed by atoms with van der Waals surface area (Å²) < 4.78 is 0.772. The number of amides is 3. The van der Waals surface area contributed by atoms with E-state index in [0.29, 0.717) is 0 Å². The van der Waals surface area contributed by atoms with Crippen molar-refractivity contribution in [1.82, 2.24) is 20.2 Å². The molecule has 110 valence electrons. The molecule has 10 heteroatoms. The number of rotatable bonds is 5. The molecule has 0 saturated heterocycles. The standard InChI is InChI=1S/C10H13Cl2N5O3/c11-2-4-13-8(18)15-7-1-6-17(10(20)16-7)9(19)14-5-3-12/h1,6H,2-5H2,(H,14,19)(H2,13,15,16,18,20). The first kappa shape index (κ1) is 16.3. The van der Waals surface area contributed by atoms with Crippen molar-refractivity contribution in [2.45, 2.75) is 0 Å². The number of alkyl halides is 2. The Morgan fingerprint density at radius 1 is 1.20 bits per heavy atom. The molecule has 0 aliphatic carbocycles. The number of carbonyl (C=O) groups is 2. The fourth-order valence-electron chi connectivity index (χ4n) is 1.19. The molecular weight excluding hydrogens is 309 g/mol. The van der Waals surface area contributed by atoms with E-state index in [1.165, 1.54) is 12.3 Å². The molecule has 0 saturated carbocycles. The number of aromatic nitrogens is 2. The van der Waals surface area contributed by atoms with Crippen LogP contribution in [0.4, 0.5) is 15.4 Å². The van der Waals surface area contributed by atoms with Gasteiger partial charge in [-0.2, -0.15) is 4.98 Å². The summed E-state index contributed by atoms with van der Waals surface area (Å²) in [5, 5.41) is 7.20. The van der Waals surface area contributed by atoms with Gasteiger partial charge in [0.2, 0.25) is 0 Å². The highest BCUT2D eigenvalue weighted by Crippen LogP contribution is 1.97. The SMILES string of the molecule is O=C(NCCCl)Nc1ccn(C(=O)NCCCl)c(=O)n1. The summed E-state index contributed by atoms with van der Waals surface area (Å²) in [6, 6.07) is 0.144. The molecule has 8 nitrogen and oxygen atoms in total. The summed E-state index contributed by atoms with van der Waals surface area (Å²) in [5.41, 5.74) is -0.813. The Kier molecular flexibility index (Phi) is 6.82. The van der Waals surface area contributed by atoms with Crippen LogP contribution in [0.2, 0.25) is 0 Å². The lowest BCUT2D eigenvalue weighted by molar-refractivity contribution is 0.242. The lowest BCUT2D eigenvalue weighted by Crippen LogP contribution is -2.38. The van der Waals surface area contributed by atoms with Gasteiger partial charge in [-0.3, -0.25) is 5.32 Å². The average Bonchev–Trinajstić information content (AvgIpc) is 2.42. The Hall–Kier alpha value is -1.80. The first-order chi connectivity index (χ1) is 9.58. The summed E-state index contributed by atoms with van der Waals surface area (Å²) in [6.07, 6.45) is 1.20. The zero-order valence-electron chi connectivity index (χ0n) is 10.4. The number of nitrogens with one attached hydrogen (secondary N) is 3. The highest BCUT2D eigenvalue weighted by molar-refractivity contribution is 6.18. The molecule has 0 unspecified atom stereocenters. The van der Waals surface area contributed by atoms with Crippen LogP contribution in [0.3, 0.4) is 0 Å². The van der Waals surface area contributed by atoms with Gasteiger partial charge in [0.05, 0.1) is 0 Å². The van der Waals surface area contributed by atoms with E-state index in [4.69, 9.17) is 23.2 Å². The molecule has 1 rings (SSSR count). The zero-order valence-corrected chi connectivity index (χ0v) is 11.9. The Bertz CT molecular complexity index is 534. The fraction of sp³-hybridized carbons (Fsp3) is 0.400. The Balaban J connectivity index is 2.70. The van der Waals surface area contributed by atoms with E-state index in [2.05, 4.69) is 20.9 Å². The Morgan fingerprint density at radius 3 is 2.45 bits per heavy atom. The van der Waals surface area contributed by atoms with Crippen molar-refractivity contribution in [3.05, 3.63) is 22.7 Å². The predicted octanol–water partition coefficient (Wildman–Crippen LogP) is 0.400. The maximum atomic E-state index is 11.6. The summed E-state index contributed by atoms with van der Waals surface area (Å²) in [4.78, 5) is 38.0. The number of hydrogen-bond acceptors (Lipinski definition) is 4. The first-order valence-electron chi connectivity index (χ1n) is 5.63. The smallest absolute Gasteiger partial charge is 0.337 e. The molecule has 0 bridgehead atoms. The third-order valence-corrected chi connectivity index (χ3v) is 2.39. The molecule has 0 atom stereocenters. The number of urea groups is 1. The van der Waals surface area contributed by atoms with Crippen molar-refractivity contribution >= 4 is 41.1 Å². The van der Waals surface area contributed by atoms with Gasteiger partial charge in [0.15, 0.2) is 0 Å². The van der Waals surface area contributed by atoms with Crippen molar-refractivity contribution in [1.29, 1.82) is 0 Å². The number of nitrogens with zero attached hydrogens (tertiary/aromatic N) is 2. The van der Waals surface area contributed by atoms with Crippen molar-refractivity contribution in [3.8, 4) is 0 Å². The largest absolute Gasteiger partial charge is 0.357 e. The van der Waals surface area contributed by atoms with Gasteiger partial charge in [0, 0.05) is 31.0 Å². The normalized spacial score (nSPS) is 9.90. The van der Waals surface area contributed by atoms with Crippen molar-refractivity contribution in [2.75, 3.05) is 30.2 Å². The minimum absolute atomic E-state index is 0.0310. The minimum atomic E-state index is -0.813. The second-order valence-corrected chi connectivity index (χ2v) is 4.21. The van der Waals surface area contributed by atoms with Gasteiger partial charge in [-0.1, -0.05) is 0 Å². The topological polar surface area (TPSA) is 105 Å². The van der Waals surface area contributed by atoms with Crippen LogP contribution in [0.25, 0.3) is 0 Å². The number of halogens is 2. The number of carbonyl (C=O) groups excluding carboxylic acids is 2. The van der Waals surface area contributed by atoms with Crippen LogP contribution in [0.1, 0.15) is 0 Å². The molecule has 0 fully saturated rings. The van der Waals surface area contributed by atoms with Gasteiger partial charge >= 0.3 is 17.8 Å². The lowest BCUT2D eigenvalue weighted by atomic mass is 10.5. The van der Waals surface area contributed by atoms with Crippen LogP contribution in [0, 0.1) is 0 Å². The first-order valence-corrected chi connectivity index (χ1v) is 6.70. The van der Waals surface area contributed by atoms with E-state index in [9.17, 15) is 14.4 Å². The highest BCUT2D eigenvalue weighted by Gasteiger charge is 2.09. The van der Waals surface area contributed by atoms with E-state index in [-0.39, 0.29) is 30.7 Å². The second kappa shape index (κ2) is 8.39. The van der Waals surface area contributed by atoms with Gasteiger partial charge in [-0.15, -0.1) is 23.2 Å². The third kappa shape index (κ3) is 5.06. The maximum Gasteiger partial charge on any atom is 0.357 e. The molecule has 0 aromatic carbocycles. The molecule has 0 aliphatic heterocycles. The van der Waals surface area contributed by atoms with E-state index in [1.807, 2.05) is 0 Å². The molecule has 1 aromatic rings. The van der Waals surface area contributed by atoms with Crippen LogP contribution in [0.5, 0.6) is 0 Å². The van der Waals surface area contributed by atoms with E-state index >= 15 is 0 Å².